The fourth-order valence-corrected chi connectivity index (χ4v) is 2.80. The molecule has 1 fully saturated rings. The van der Waals surface area contributed by atoms with Crippen LogP contribution in [0.25, 0.3) is 0 Å². The highest BCUT2D eigenvalue weighted by molar-refractivity contribution is 5.77. The highest BCUT2D eigenvalue weighted by atomic mass is 16.4. The van der Waals surface area contributed by atoms with E-state index in [1.54, 1.807) is 0 Å². The van der Waals surface area contributed by atoms with Crippen LogP contribution in [0.4, 0.5) is 0 Å². The molecule has 19 heavy (non-hydrogen) atoms. The molecule has 0 spiro atoms. The molecular weight excluding hydrogens is 242 g/mol. The predicted molar refractivity (Wildman–Crippen MR) is 74.8 cm³/mol. The van der Waals surface area contributed by atoms with Crippen molar-refractivity contribution in [3.05, 3.63) is 0 Å². The van der Waals surface area contributed by atoms with E-state index in [0.717, 1.165) is 6.42 Å². The SMILES string of the molecule is CC(C)CC(CNC(=O)CCC1CCCC1)C(=O)O. The van der Waals surface area contributed by atoms with Crippen LogP contribution in [0, 0.1) is 17.8 Å². The number of aliphatic carboxylic acids is 1. The molecule has 1 unspecified atom stereocenters. The maximum Gasteiger partial charge on any atom is 0.308 e. The molecule has 4 nitrogen and oxygen atoms in total. The Morgan fingerprint density at radius 3 is 2.42 bits per heavy atom. The first kappa shape index (κ1) is 16.0. The van der Waals surface area contributed by atoms with Crippen molar-refractivity contribution in [1.29, 1.82) is 0 Å². The summed E-state index contributed by atoms with van der Waals surface area (Å²) >= 11 is 0. The van der Waals surface area contributed by atoms with Crippen LogP contribution in [-0.4, -0.2) is 23.5 Å². The Bertz CT molecular complexity index is 296. The monoisotopic (exact) mass is 269 g/mol. The van der Waals surface area contributed by atoms with Crippen molar-refractivity contribution in [2.75, 3.05) is 6.54 Å². The van der Waals surface area contributed by atoms with Gasteiger partial charge in [-0.2, -0.15) is 0 Å². The Hall–Kier alpha value is -1.06. The first-order valence-electron chi connectivity index (χ1n) is 7.48. The third-order valence-corrected chi connectivity index (χ3v) is 3.91. The molecule has 0 saturated heterocycles. The summed E-state index contributed by atoms with van der Waals surface area (Å²) in [6.45, 7) is 4.26. The summed E-state index contributed by atoms with van der Waals surface area (Å²) in [5, 5.41) is 11.9. The Morgan fingerprint density at radius 2 is 1.89 bits per heavy atom. The molecule has 1 atom stereocenters. The Morgan fingerprint density at radius 1 is 1.26 bits per heavy atom. The van der Waals surface area contributed by atoms with E-state index in [1.807, 2.05) is 13.8 Å². The molecule has 0 heterocycles. The van der Waals surface area contributed by atoms with Gasteiger partial charge < -0.3 is 10.4 Å². The number of hydrogen-bond acceptors (Lipinski definition) is 2. The number of hydrogen-bond donors (Lipinski definition) is 2. The van der Waals surface area contributed by atoms with E-state index in [-0.39, 0.29) is 12.5 Å². The number of amides is 1. The molecule has 0 aliphatic heterocycles. The van der Waals surface area contributed by atoms with Crippen molar-refractivity contribution in [1.82, 2.24) is 5.32 Å². The lowest BCUT2D eigenvalue weighted by Crippen LogP contribution is -2.33. The molecule has 1 aliphatic rings. The highest BCUT2D eigenvalue weighted by Crippen LogP contribution is 2.28. The van der Waals surface area contributed by atoms with Crippen molar-refractivity contribution in [3.63, 3.8) is 0 Å². The van der Waals surface area contributed by atoms with Gasteiger partial charge in [0.15, 0.2) is 0 Å². The number of nitrogens with one attached hydrogen (secondary N) is 1. The number of carbonyl (C=O) groups excluding carboxylic acids is 1. The molecule has 1 aliphatic carbocycles. The van der Waals surface area contributed by atoms with E-state index < -0.39 is 11.9 Å². The van der Waals surface area contributed by atoms with Crippen LogP contribution in [0.1, 0.15) is 58.8 Å². The minimum atomic E-state index is -0.815. The third kappa shape index (κ3) is 6.60. The first-order chi connectivity index (χ1) is 8.99. The molecular formula is C15H27NO3. The maximum atomic E-state index is 11.7. The van der Waals surface area contributed by atoms with Crippen LogP contribution < -0.4 is 5.32 Å². The Balaban J connectivity index is 2.21. The van der Waals surface area contributed by atoms with Gasteiger partial charge in [-0.15, -0.1) is 0 Å². The molecule has 1 saturated carbocycles. The predicted octanol–water partition coefficient (Wildman–Crippen LogP) is 2.82. The van der Waals surface area contributed by atoms with E-state index in [2.05, 4.69) is 5.32 Å². The highest BCUT2D eigenvalue weighted by Gasteiger charge is 2.20. The van der Waals surface area contributed by atoms with E-state index in [0.29, 0.717) is 24.7 Å². The second kappa shape index (κ2) is 8.18. The second-order valence-electron chi connectivity index (χ2n) is 6.16. The van der Waals surface area contributed by atoms with Gasteiger partial charge in [-0.25, -0.2) is 0 Å². The van der Waals surface area contributed by atoms with Crippen LogP contribution in [0.5, 0.6) is 0 Å². The fraction of sp³-hybridized carbons (Fsp3) is 0.867. The summed E-state index contributed by atoms with van der Waals surface area (Å²) in [7, 11) is 0. The van der Waals surface area contributed by atoms with Gasteiger partial charge in [-0.05, 0) is 24.7 Å². The molecule has 0 aromatic heterocycles. The molecule has 1 rings (SSSR count). The molecule has 4 heteroatoms. The van der Waals surface area contributed by atoms with Gasteiger partial charge in [0, 0.05) is 13.0 Å². The quantitative estimate of drug-likeness (QED) is 0.712. The third-order valence-electron chi connectivity index (χ3n) is 3.91. The zero-order valence-electron chi connectivity index (χ0n) is 12.2. The van der Waals surface area contributed by atoms with Crippen molar-refractivity contribution in [2.45, 2.75) is 58.8 Å². The van der Waals surface area contributed by atoms with E-state index in [9.17, 15) is 9.59 Å². The van der Waals surface area contributed by atoms with E-state index in [1.165, 1.54) is 25.7 Å². The summed E-state index contributed by atoms with van der Waals surface area (Å²) < 4.78 is 0. The van der Waals surface area contributed by atoms with Crippen LogP contribution >= 0.6 is 0 Å². The van der Waals surface area contributed by atoms with E-state index >= 15 is 0 Å². The zero-order valence-corrected chi connectivity index (χ0v) is 12.2. The molecule has 0 radical (unpaired) electrons. The minimum Gasteiger partial charge on any atom is -0.481 e. The minimum absolute atomic E-state index is 0.00176. The van der Waals surface area contributed by atoms with Crippen molar-refractivity contribution in [3.8, 4) is 0 Å². The maximum absolute atomic E-state index is 11.7. The number of rotatable bonds is 8. The Labute approximate surface area is 116 Å². The van der Waals surface area contributed by atoms with Gasteiger partial charge in [-0.1, -0.05) is 39.5 Å². The second-order valence-corrected chi connectivity index (χ2v) is 6.16. The summed E-state index contributed by atoms with van der Waals surface area (Å²) in [5.41, 5.74) is 0. The number of carboxylic acid groups (broad SMARTS) is 1. The number of carbonyl (C=O) groups is 2. The van der Waals surface area contributed by atoms with Gasteiger partial charge >= 0.3 is 5.97 Å². The van der Waals surface area contributed by atoms with Gasteiger partial charge in [0.1, 0.15) is 0 Å². The van der Waals surface area contributed by atoms with Gasteiger partial charge in [0.2, 0.25) is 5.91 Å². The molecule has 1 amide bonds. The normalized spacial score (nSPS) is 17.6. The van der Waals surface area contributed by atoms with Crippen molar-refractivity contribution in [2.24, 2.45) is 17.8 Å². The molecule has 110 valence electrons. The summed E-state index contributed by atoms with van der Waals surface area (Å²) in [5.74, 6) is -0.240. The standard InChI is InChI=1S/C15H27NO3/c1-11(2)9-13(15(18)19)10-16-14(17)8-7-12-5-3-4-6-12/h11-13H,3-10H2,1-2H3,(H,16,17)(H,18,19). The first-order valence-corrected chi connectivity index (χ1v) is 7.48. The molecule has 0 bridgehead atoms. The van der Waals surface area contributed by atoms with Crippen LogP contribution in [0.15, 0.2) is 0 Å². The molecule has 0 aromatic carbocycles. The van der Waals surface area contributed by atoms with Gasteiger partial charge in [-0.3, -0.25) is 9.59 Å². The summed E-state index contributed by atoms with van der Waals surface area (Å²) in [6.07, 6.45) is 7.19. The zero-order chi connectivity index (χ0) is 14.3. The number of carboxylic acids is 1. The largest absolute Gasteiger partial charge is 0.481 e. The average molecular weight is 269 g/mol. The lowest BCUT2D eigenvalue weighted by Gasteiger charge is -2.16. The van der Waals surface area contributed by atoms with Crippen molar-refractivity contribution >= 4 is 11.9 Å². The van der Waals surface area contributed by atoms with Crippen LogP contribution in [0.2, 0.25) is 0 Å². The lowest BCUT2D eigenvalue weighted by molar-refractivity contribution is -0.142. The van der Waals surface area contributed by atoms with E-state index in [4.69, 9.17) is 5.11 Å². The average Bonchev–Trinajstić information content (AvgIpc) is 2.84. The van der Waals surface area contributed by atoms with Crippen molar-refractivity contribution < 1.29 is 14.7 Å². The van der Waals surface area contributed by atoms with Gasteiger partial charge in [0.05, 0.1) is 5.92 Å². The lowest BCUT2D eigenvalue weighted by atomic mass is 9.97. The fourth-order valence-electron chi connectivity index (χ4n) is 2.80. The van der Waals surface area contributed by atoms with Crippen LogP contribution in [-0.2, 0) is 9.59 Å². The summed E-state index contributed by atoms with van der Waals surface area (Å²) in [6, 6.07) is 0. The smallest absolute Gasteiger partial charge is 0.308 e. The van der Waals surface area contributed by atoms with Crippen LogP contribution in [0.3, 0.4) is 0 Å². The Kier molecular flexibility index (Phi) is 6.89. The molecule has 2 N–H and O–H groups in total. The molecule has 0 aromatic rings. The topological polar surface area (TPSA) is 66.4 Å². The summed E-state index contributed by atoms with van der Waals surface area (Å²) in [4.78, 5) is 22.8. The van der Waals surface area contributed by atoms with Gasteiger partial charge in [0.25, 0.3) is 0 Å².